The SMILES string of the molecule is Cc1c(-c2cc3ccc(OCc4cc([N+](=O)[O-])ccc4Cl)cc3o2)oc(=O)c(C)c1O. The number of benzene rings is 2. The van der Waals surface area contributed by atoms with Crippen molar-refractivity contribution in [2.45, 2.75) is 20.5 Å². The molecule has 31 heavy (non-hydrogen) atoms. The summed E-state index contributed by atoms with van der Waals surface area (Å²) in [6.07, 6.45) is 0. The number of hydrogen-bond acceptors (Lipinski definition) is 7. The van der Waals surface area contributed by atoms with Crippen molar-refractivity contribution >= 4 is 28.3 Å². The van der Waals surface area contributed by atoms with Crippen molar-refractivity contribution in [3.63, 3.8) is 0 Å². The third-order valence-corrected chi connectivity index (χ3v) is 5.27. The first-order valence-corrected chi connectivity index (χ1v) is 9.55. The first-order valence-electron chi connectivity index (χ1n) is 9.17. The number of aromatic hydroxyl groups is 1. The van der Waals surface area contributed by atoms with E-state index in [-0.39, 0.29) is 29.4 Å². The van der Waals surface area contributed by atoms with Crippen LogP contribution in [0.4, 0.5) is 5.69 Å². The van der Waals surface area contributed by atoms with E-state index < -0.39 is 10.5 Å². The van der Waals surface area contributed by atoms with Crippen LogP contribution in [0.1, 0.15) is 16.7 Å². The lowest BCUT2D eigenvalue weighted by molar-refractivity contribution is -0.384. The zero-order valence-corrected chi connectivity index (χ0v) is 17.2. The molecule has 0 aliphatic heterocycles. The third-order valence-electron chi connectivity index (χ3n) is 4.90. The van der Waals surface area contributed by atoms with Gasteiger partial charge in [-0.1, -0.05) is 11.6 Å². The van der Waals surface area contributed by atoms with Gasteiger partial charge in [-0.3, -0.25) is 10.1 Å². The summed E-state index contributed by atoms with van der Waals surface area (Å²) in [7, 11) is 0. The van der Waals surface area contributed by atoms with Crippen molar-refractivity contribution in [1.29, 1.82) is 0 Å². The summed E-state index contributed by atoms with van der Waals surface area (Å²) in [5.74, 6) is 0.763. The molecule has 158 valence electrons. The standard InChI is InChI=1S/C22H16ClNO7/c1-11-20(25)12(2)22(26)31-21(11)19-8-13-3-5-16(9-18(13)30-19)29-10-14-7-15(24(27)28)4-6-17(14)23/h3-9,25H,10H2,1-2H3. The number of furan rings is 1. The summed E-state index contributed by atoms with van der Waals surface area (Å²) in [5, 5.41) is 22.2. The van der Waals surface area contributed by atoms with Gasteiger partial charge in [0, 0.05) is 39.7 Å². The van der Waals surface area contributed by atoms with E-state index >= 15 is 0 Å². The molecule has 0 aliphatic carbocycles. The molecule has 0 fully saturated rings. The van der Waals surface area contributed by atoms with Gasteiger partial charge in [-0.15, -0.1) is 0 Å². The topological polar surface area (TPSA) is 116 Å². The second-order valence-electron chi connectivity index (χ2n) is 6.95. The number of fused-ring (bicyclic) bond motifs is 1. The van der Waals surface area contributed by atoms with Crippen LogP contribution in [-0.2, 0) is 6.61 Å². The molecule has 0 saturated carbocycles. The maximum Gasteiger partial charge on any atom is 0.343 e. The highest BCUT2D eigenvalue weighted by Crippen LogP contribution is 2.35. The Balaban J connectivity index is 1.63. The minimum atomic E-state index is -0.642. The van der Waals surface area contributed by atoms with Gasteiger partial charge in [0.25, 0.3) is 5.69 Å². The van der Waals surface area contributed by atoms with E-state index in [1.165, 1.54) is 25.1 Å². The third kappa shape index (κ3) is 3.85. The average Bonchev–Trinajstić information content (AvgIpc) is 3.17. The highest BCUT2D eigenvalue weighted by atomic mass is 35.5. The molecule has 0 aliphatic rings. The highest BCUT2D eigenvalue weighted by Gasteiger charge is 2.18. The Bertz CT molecular complexity index is 1390. The predicted molar refractivity (Wildman–Crippen MR) is 114 cm³/mol. The predicted octanol–water partition coefficient (Wildman–Crippen LogP) is 5.52. The summed E-state index contributed by atoms with van der Waals surface area (Å²) < 4.78 is 16.8. The van der Waals surface area contributed by atoms with Crippen molar-refractivity contribution in [3.05, 3.63) is 84.7 Å². The van der Waals surface area contributed by atoms with E-state index in [2.05, 4.69) is 0 Å². The van der Waals surface area contributed by atoms with E-state index in [0.717, 1.165) is 5.39 Å². The van der Waals surface area contributed by atoms with E-state index in [9.17, 15) is 20.0 Å². The molecule has 2 heterocycles. The molecule has 0 bridgehead atoms. The van der Waals surface area contributed by atoms with Crippen LogP contribution >= 0.6 is 11.6 Å². The molecule has 0 saturated heterocycles. The van der Waals surface area contributed by atoms with Crippen LogP contribution in [0, 0.1) is 24.0 Å². The van der Waals surface area contributed by atoms with Crippen LogP contribution in [0.25, 0.3) is 22.5 Å². The maximum atomic E-state index is 11.9. The Morgan fingerprint density at radius 3 is 2.61 bits per heavy atom. The Kier molecular flexibility index (Phi) is 5.16. The molecule has 4 rings (SSSR count). The molecule has 0 atom stereocenters. The van der Waals surface area contributed by atoms with Crippen LogP contribution < -0.4 is 10.4 Å². The fourth-order valence-corrected chi connectivity index (χ4v) is 3.30. The number of nitro benzene ring substituents is 1. The van der Waals surface area contributed by atoms with Gasteiger partial charge < -0.3 is 18.7 Å². The summed E-state index contributed by atoms with van der Waals surface area (Å²) >= 11 is 6.11. The Morgan fingerprint density at radius 1 is 1.10 bits per heavy atom. The molecule has 0 radical (unpaired) electrons. The van der Waals surface area contributed by atoms with E-state index in [1.807, 2.05) is 0 Å². The monoisotopic (exact) mass is 441 g/mol. The van der Waals surface area contributed by atoms with Crippen LogP contribution in [-0.4, -0.2) is 10.0 Å². The van der Waals surface area contributed by atoms with Gasteiger partial charge in [0.2, 0.25) is 0 Å². The summed E-state index contributed by atoms with van der Waals surface area (Å²) in [6, 6.07) is 10.9. The molecular formula is C22H16ClNO7. The van der Waals surface area contributed by atoms with Crippen molar-refractivity contribution in [3.8, 4) is 23.0 Å². The second-order valence-corrected chi connectivity index (χ2v) is 7.36. The molecule has 9 heteroatoms. The number of nitrogens with zero attached hydrogens (tertiary/aromatic N) is 1. The number of rotatable bonds is 5. The normalized spacial score (nSPS) is 11.1. The molecule has 8 nitrogen and oxygen atoms in total. The van der Waals surface area contributed by atoms with Crippen LogP contribution in [0.2, 0.25) is 5.02 Å². The molecule has 0 amide bonds. The summed E-state index contributed by atoms with van der Waals surface area (Å²) in [5.41, 5.74) is 0.757. The average molecular weight is 442 g/mol. The van der Waals surface area contributed by atoms with E-state index in [0.29, 0.717) is 33.2 Å². The van der Waals surface area contributed by atoms with E-state index in [4.69, 9.17) is 25.2 Å². The Labute approximate surface area is 180 Å². The fraction of sp³-hybridized carbons (Fsp3) is 0.136. The van der Waals surface area contributed by atoms with Crippen LogP contribution in [0.5, 0.6) is 11.5 Å². The van der Waals surface area contributed by atoms with Crippen molar-refractivity contribution in [1.82, 2.24) is 0 Å². The maximum absolute atomic E-state index is 11.9. The first kappa shape index (κ1) is 20.5. The van der Waals surface area contributed by atoms with Crippen LogP contribution in [0.3, 0.4) is 0 Å². The molecular weight excluding hydrogens is 426 g/mol. The summed E-state index contributed by atoms with van der Waals surface area (Å²) in [6.45, 7) is 3.14. The number of halogens is 1. The van der Waals surface area contributed by atoms with Crippen LogP contribution in [0.15, 0.2) is 56.1 Å². The molecule has 2 aromatic heterocycles. The van der Waals surface area contributed by atoms with Crippen molar-refractivity contribution < 1.29 is 23.6 Å². The summed E-state index contributed by atoms with van der Waals surface area (Å²) in [4.78, 5) is 22.4. The molecule has 1 N–H and O–H groups in total. The van der Waals surface area contributed by atoms with Gasteiger partial charge in [-0.2, -0.15) is 0 Å². The number of ether oxygens (including phenoxy) is 1. The van der Waals surface area contributed by atoms with E-state index in [1.54, 1.807) is 31.2 Å². The molecule has 4 aromatic rings. The number of non-ortho nitro benzene ring substituents is 1. The minimum absolute atomic E-state index is 0.0272. The zero-order chi connectivity index (χ0) is 22.3. The number of nitro groups is 1. The highest BCUT2D eigenvalue weighted by molar-refractivity contribution is 6.31. The van der Waals surface area contributed by atoms with Gasteiger partial charge in [0.1, 0.15) is 23.7 Å². The smallest absolute Gasteiger partial charge is 0.343 e. The Morgan fingerprint density at radius 2 is 1.87 bits per heavy atom. The lowest BCUT2D eigenvalue weighted by atomic mass is 10.1. The first-order chi connectivity index (χ1) is 14.7. The molecule has 2 aromatic carbocycles. The van der Waals surface area contributed by atoms with Gasteiger partial charge in [-0.05, 0) is 38.1 Å². The van der Waals surface area contributed by atoms with Gasteiger partial charge in [0.05, 0.1) is 10.5 Å². The second kappa shape index (κ2) is 7.81. The quantitative estimate of drug-likeness (QED) is 0.320. The lowest BCUT2D eigenvalue weighted by Crippen LogP contribution is -2.05. The lowest BCUT2D eigenvalue weighted by Gasteiger charge is -2.07. The molecule has 0 unspecified atom stereocenters. The van der Waals surface area contributed by atoms with Gasteiger partial charge >= 0.3 is 5.63 Å². The number of hydrogen-bond donors (Lipinski definition) is 1. The van der Waals surface area contributed by atoms with Gasteiger partial charge in [-0.25, -0.2) is 4.79 Å². The fourth-order valence-electron chi connectivity index (χ4n) is 3.13. The largest absolute Gasteiger partial charge is 0.507 e. The molecule has 0 spiro atoms. The van der Waals surface area contributed by atoms with Gasteiger partial charge in [0.15, 0.2) is 11.5 Å². The minimum Gasteiger partial charge on any atom is -0.507 e. The zero-order valence-electron chi connectivity index (χ0n) is 16.5. The van der Waals surface area contributed by atoms with Crippen molar-refractivity contribution in [2.75, 3.05) is 0 Å². The van der Waals surface area contributed by atoms with Crippen molar-refractivity contribution in [2.24, 2.45) is 0 Å². The Hall–Kier alpha value is -3.78.